The van der Waals surface area contributed by atoms with Crippen molar-refractivity contribution in [1.29, 1.82) is 0 Å². The van der Waals surface area contributed by atoms with E-state index in [1.54, 1.807) is 0 Å². The summed E-state index contributed by atoms with van der Waals surface area (Å²) in [6, 6.07) is 0. The number of rotatable bonds is 41. The summed E-state index contributed by atoms with van der Waals surface area (Å²) in [6.45, 7) is 12.6. The zero-order chi connectivity index (χ0) is 37.5. The normalized spacial score (nSPS) is 11.8. The number of hydrogen-bond donors (Lipinski definition) is 1. The zero-order valence-electron chi connectivity index (χ0n) is 34.9. The van der Waals surface area contributed by atoms with Gasteiger partial charge in [0.05, 0.1) is 13.2 Å². The zero-order valence-corrected chi connectivity index (χ0v) is 34.9. The molecule has 6 nitrogen and oxygen atoms in total. The van der Waals surface area contributed by atoms with Gasteiger partial charge < -0.3 is 19.5 Å². The molecule has 0 aliphatic rings. The lowest BCUT2D eigenvalue weighted by atomic mass is 9.85. The predicted molar refractivity (Wildman–Crippen MR) is 218 cm³/mol. The second-order valence-electron chi connectivity index (χ2n) is 15.7. The van der Waals surface area contributed by atoms with Crippen LogP contribution in [0.5, 0.6) is 0 Å². The maximum Gasteiger partial charge on any atom is 0.306 e. The van der Waals surface area contributed by atoms with Gasteiger partial charge in [0.1, 0.15) is 5.60 Å². The quantitative estimate of drug-likeness (QED) is 0.0500. The van der Waals surface area contributed by atoms with Crippen molar-refractivity contribution < 1.29 is 24.2 Å². The van der Waals surface area contributed by atoms with E-state index in [2.05, 4.69) is 32.6 Å². The topological polar surface area (TPSA) is 76.1 Å². The van der Waals surface area contributed by atoms with Crippen LogP contribution in [0.15, 0.2) is 0 Å². The van der Waals surface area contributed by atoms with E-state index in [-0.39, 0.29) is 24.1 Å². The first-order valence-corrected chi connectivity index (χ1v) is 22.7. The Morgan fingerprint density at radius 3 is 1.33 bits per heavy atom. The standard InChI is InChI=1S/C45H89NO5/c1-5-9-12-15-21-28-36-45(35-8-4,37-29-22-16-13-10-6-2)51-44(49)34-27-20-18-24-31-39-46(40-41-47)38-30-23-17-19-26-33-43(48)50-42-32-25-14-11-7-3/h47H,5-42H2,1-4H3. The number of aliphatic hydroxyl groups excluding tert-OH is 1. The highest BCUT2D eigenvalue weighted by molar-refractivity contribution is 5.70. The van der Waals surface area contributed by atoms with Gasteiger partial charge in [-0.1, -0.05) is 163 Å². The van der Waals surface area contributed by atoms with Gasteiger partial charge in [-0.05, 0) is 77.3 Å². The molecule has 1 N–H and O–H groups in total. The maximum absolute atomic E-state index is 13.1. The molecular weight excluding hydrogens is 634 g/mol. The van der Waals surface area contributed by atoms with Gasteiger partial charge >= 0.3 is 11.9 Å². The molecule has 0 radical (unpaired) electrons. The predicted octanol–water partition coefficient (Wildman–Crippen LogP) is 13.1. The molecule has 6 heteroatoms. The SMILES string of the molecule is CCCCCCCCC(CCC)(CCCCCCCC)OC(=O)CCCCCCCN(CCO)CCCCCCCC(=O)OCCCCCCC. The summed E-state index contributed by atoms with van der Waals surface area (Å²) in [5.41, 5.74) is -0.252. The van der Waals surface area contributed by atoms with Crippen molar-refractivity contribution in [3.05, 3.63) is 0 Å². The average Bonchev–Trinajstić information content (AvgIpc) is 3.11. The molecule has 0 aromatic carbocycles. The number of esters is 2. The summed E-state index contributed by atoms with van der Waals surface area (Å²) in [4.78, 5) is 27.5. The first-order valence-electron chi connectivity index (χ1n) is 22.7. The van der Waals surface area contributed by atoms with E-state index in [9.17, 15) is 14.7 Å². The molecule has 0 unspecified atom stereocenters. The van der Waals surface area contributed by atoms with Crippen LogP contribution in [0.2, 0.25) is 0 Å². The Labute approximate surface area is 318 Å². The summed E-state index contributed by atoms with van der Waals surface area (Å²) < 4.78 is 11.8. The van der Waals surface area contributed by atoms with Crippen molar-refractivity contribution in [1.82, 2.24) is 4.90 Å². The Morgan fingerprint density at radius 2 is 0.863 bits per heavy atom. The molecule has 0 amide bonds. The Hall–Kier alpha value is -1.14. The third-order valence-corrected chi connectivity index (χ3v) is 10.6. The van der Waals surface area contributed by atoms with Gasteiger partial charge in [0.25, 0.3) is 0 Å². The van der Waals surface area contributed by atoms with Crippen LogP contribution >= 0.6 is 0 Å². The fourth-order valence-electron chi connectivity index (χ4n) is 7.44. The van der Waals surface area contributed by atoms with Gasteiger partial charge in [0.15, 0.2) is 0 Å². The van der Waals surface area contributed by atoms with Crippen LogP contribution in [-0.4, -0.2) is 60.4 Å². The first-order chi connectivity index (χ1) is 25.0. The number of aliphatic hydroxyl groups is 1. The summed E-state index contributed by atoms with van der Waals surface area (Å²) in [5, 5.41) is 9.57. The number of carbonyl (C=O) groups excluding carboxylic acids is 2. The fourth-order valence-corrected chi connectivity index (χ4v) is 7.44. The van der Waals surface area contributed by atoms with E-state index in [4.69, 9.17) is 9.47 Å². The number of hydrogen-bond acceptors (Lipinski definition) is 6. The summed E-state index contributed by atoms with van der Waals surface area (Å²) in [5.74, 6) is -0.00575. The molecule has 0 rings (SSSR count). The highest BCUT2D eigenvalue weighted by atomic mass is 16.6. The van der Waals surface area contributed by atoms with Crippen molar-refractivity contribution in [2.75, 3.05) is 32.8 Å². The van der Waals surface area contributed by atoms with Crippen LogP contribution in [0.3, 0.4) is 0 Å². The van der Waals surface area contributed by atoms with Crippen molar-refractivity contribution in [2.24, 2.45) is 0 Å². The van der Waals surface area contributed by atoms with Gasteiger partial charge in [0, 0.05) is 19.4 Å². The molecule has 0 saturated carbocycles. The smallest absolute Gasteiger partial charge is 0.306 e. The molecule has 0 spiro atoms. The van der Waals surface area contributed by atoms with Gasteiger partial charge in [-0.3, -0.25) is 9.59 Å². The van der Waals surface area contributed by atoms with Crippen molar-refractivity contribution in [3.8, 4) is 0 Å². The molecule has 0 aliphatic carbocycles. The Balaban J connectivity index is 4.27. The fraction of sp³-hybridized carbons (Fsp3) is 0.956. The van der Waals surface area contributed by atoms with E-state index in [0.29, 0.717) is 19.4 Å². The van der Waals surface area contributed by atoms with E-state index in [1.807, 2.05) is 0 Å². The van der Waals surface area contributed by atoms with Gasteiger partial charge in [-0.15, -0.1) is 0 Å². The van der Waals surface area contributed by atoms with Crippen LogP contribution in [0.1, 0.15) is 240 Å². The second kappa shape index (κ2) is 38.6. The third kappa shape index (κ3) is 33.2. The van der Waals surface area contributed by atoms with E-state index < -0.39 is 0 Å². The number of nitrogens with zero attached hydrogens (tertiary/aromatic N) is 1. The lowest BCUT2D eigenvalue weighted by Gasteiger charge is -2.34. The van der Waals surface area contributed by atoms with E-state index >= 15 is 0 Å². The molecule has 0 heterocycles. The van der Waals surface area contributed by atoms with Crippen molar-refractivity contribution >= 4 is 11.9 Å². The minimum atomic E-state index is -0.252. The van der Waals surface area contributed by atoms with Gasteiger partial charge in [-0.2, -0.15) is 0 Å². The van der Waals surface area contributed by atoms with Crippen LogP contribution in [0.25, 0.3) is 0 Å². The minimum Gasteiger partial charge on any atom is -0.466 e. The molecular formula is C45H89NO5. The van der Waals surface area contributed by atoms with Crippen LogP contribution in [0.4, 0.5) is 0 Å². The Morgan fingerprint density at radius 1 is 0.451 bits per heavy atom. The molecule has 51 heavy (non-hydrogen) atoms. The van der Waals surface area contributed by atoms with Crippen molar-refractivity contribution in [3.63, 3.8) is 0 Å². The molecule has 0 aliphatic heterocycles. The van der Waals surface area contributed by atoms with Crippen molar-refractivity contribution in [2.45, 2.75) is 245 Å². The highest BCUT2D eigenvalue weighted by Crippen LogP contribution is 2.33. The van der Waals surface area contributed by atoms with E-state index in [0.717, 1.165) is 110 Å². The van der Waals surface area contributed by atoms with Crippen LogP contribution in [0, 0.1) is 0 Å². The number of carbonyl (C=O) groups is 2. The molecule has 0 fully saturated rings. The van der Waals surface area contributed by atoms with E-state index in [1.165, 1.54) is 109 Å². The lowest BCUT2D eigenvalue weighted by Crippen LogP contribution is -2.35. The number of ether oxygens (including phenoxy) is 2. The van der Waals surface area contributed by atoms with Gasteiger partial charge in [-0.25, -0.2) is 0 Å². The summed E-state index contributed by atoms with van der Waals surface area (Å²) >= 11 is 0. The molecule has 0 aromatic rings. The highest BCUT2D eigenvalue weighted by Gasteiger charge is 2.32. The van der Waals surface area contributed by atoms with Gasteiger partial charge in [0.2, 0.25) is 0 Å². The Kier molecular flexibility index (Phi) is 37.7. The lowest BCUT2D eigenvalue weighted by molar-refractivity contribution is -0.163. The monoisotopic (exact) mass is 724 g/mol. The minimum absolute atomic E-state index is 0.0302. The Bertz CT molecular complexity index is 728. The molecule has 304 valence electrons. The molecule has 0 aromatic heterocycles. The van der Waals surface area contributed by atoms with Crippen LogP contribution < -0.4 is 0 Å². The molecule has 0 saturated heterocycles. The largest absolute Gasteiger partial charge is 0.466 e. The maximum atomic E-state index is 13.1. The summed E-state index contributed by atoms with van der Waals surface area (Å²) in [7, 11) is 0. The third-order valence-electron chi connectivity index (χ3n) is 10.6. The molecule has 0 atom stereocenters. The van der Waals surface area contributed by atoms with Crippen LogP contribution in [-0.2, 0) is 19.1 Å². The average molecular weight is 724 g/mol. The second-order valence-corrected chi connectivity index (χ2v) is 15.7. The first kappa shape index (κ1) is 49.9. The summed E-state index contributed by atoms with van der Waals surface area (Å²) in [6.07, 6.45) is 37.4. The number of unbranched alkanes of at least 4 members (excludes halogenated alkanes) is 22. The molecule has 0 bridgehead atoms.